The zero-order chi connectivity index (χ0) is 23.1. The monoisotopic (exact) mass is 451 g/mol. The molecule has 3 aliphatic rings. The van der Waals surface area contributed by atoms with Crippen LogP contribution in [0.1, 0.15) is 84.0 Å². The smallest absolute Gasteiger partial charge is 0.335 e. The van der Waals surface area contributed by atoms with Crippen molar-refractivity contribution in [1.29, 1.82) is 0 Å². The second-order valence-corrected chi connectivity index (χ2v) is 9.97. The lowest BCUT2D eigenvalue weighted by atomic mass is 9.91. The van der Waals surface area contributed by atoms with Crippen molar-refractivity contribution in [3.8, 4) is 0 Å². The molecule has 3 fully saturated rings. The van der Waals surface area contributed by atoms with Crippen LogP contribution in [0, 0.1) is 11.8 Å². The fourth-order valence-electron chi connectivity index (χ4n) is 5.97. The summed E-state index contributed by atoms with van der Waals surface area (Å²) in [6.07, 6.45) is 11.6. The summed E-state index contributed by atoms with van der Waals surface area (Å²) in [5, 5.41) is 15.7. The van der Waals surface area contributed by atoms with E-state index in [1.165, 1.54) is 0 Å². The van der Waals surface area contributed by atoms with Crippen LogP contribution < -0.4 is 10.6 Å². The maximum absolute atomic E-state index is 13.9. The standard InChI is InChI=1S/C23H38N4O5/c1-17-8-7-13-27(17,23(31)25-22(30)24-20-11-3-2-4-12-20)21(29)19(15-26(32)16-28)14-18-9-5-6-10-18/h16-20,32H,2-15H2,1H3,(H-,24,25,30,31)/p+1/t17-,19-,27?/m1/s1. The minimum Gasteiger partial charge on any atom is -0.335 e. The summed E-state index contributed by atoms with van der Waals surface area (Å²) in [6, 6.07) is -1.35. The summed E-state index contributed by atoms with van der Waals surface area (Å²) < 4.78 is -0.442. The number of hydroxylamine groups is 2. The number of amides is 6. The largest absolute Gasteiger partial charge is 0.432 e. The van der Waals surface area contributed by atoms with Crippen LogP contribution in [0.3, 0.4) is 0 Å². The predicted octanol–water partition coefficient (Wildman–Crippen LogP) is 3.31. The van der Waals surface area contributed by atoms with Gasteiger partial charge in [-0.25, -0.2) is 24.8 Å². The molecule has 3 atom stereocenters. The van der Waals surface area contributed by atoms with Crippen molar-refractivity contribution in [3.05, 3.63) is 0 Å². The number of carbonyl (C=O) groups excluding carboxylic acids is 4. The van der Waals surface area contributed by atoms with E-state index in [0.717, 1.165) is 57.8 Å². The van der Waals surface area contributed by atoms with Gasteiger partial charge in [-0.15, -0.1) is 0 Å². The van der Waals surface area contributed by atoms with E-state index in [1.54, 1.807) is 0 Å². The second-order valence-electron chi connectivity index (χ2n) is 9.97. The van der Waals surface area contributed by atoms with Crippen LogP contribution in [0.4, 0.5) is 9.59 Å². The van der Waals surface area contributed by atoms with Gasteiger partial charge in [-0.3, -0.25) is 10.0 Å². The van der Waals surface area contributed by atoms with Crippen LogP contribution >= 0.6 is 0 Å². The summed E-state index contributed by atoms with van der Waals surface area (Å²) in [5.74, 6) is -0.605. The van der Waals surface area contributed by atoms with Gasteiger partial charge in [0.1, 0.15) is 6.04 Å². The van der Waals surface area contributed by atoms with E-state index in [1.807, 2.05) is 6.92 Å². The molecule has 1 unspecified atom stereocenters. The summed E-state index contributed by atoms with van der Waals surface area (Å²) in [5.41, 5.74) is 0. The van der Waals surface area contributed by atoms with E-state index in [2.05, 4.69) is 10.6 Å². The number of urea groups is 2. The van der Waals surface area contributed by atoms with Gasteiger partial charge in [0.2, 0.25) is 6.41 Å². The molecule has 0 aromatic carbocycles. The Morgan fingerprint density at radius 3 is 2.28 bits per heavy atom. The van der Waals surface area contributed by atoms with E-state index >= 15 is 0 Å². The summed E-state index contributed by atoms with van der Waals surface area (Å²) >= 11 is 0. The number of quaternary nitrogens is 1. The summed E-state index contributed by atoms with van der Waals surface area (Å²) in [6.45, 7) is 2.07. The van der Waals surface area contributed by atoms with Crippen molar-refractivity contribution < 1.29 is 28.9 Å². The van der Waals surface area contributed by atoms with Gasteiger partial charge in [0, 0.05) is 18.9 Å². The first kappa shape index (κ1) is 24.6. The predicted molar refractivity (Wildman–Crippen MR) is 117 cm³/mol. The average Bonchev–Trinajstić information content (AvgIpc) is 3.43. The zero-order valence-corrected chi connectivity index (χ0v) is 19.3. The van der Waals surface area contributed by atoms with Gasteiger partial charge < -0.3 is 5.32 Å². The molecule has 3 rings (SSSR count). The molecule has 6 amide bonds. The molecule has 0 aromatic heterocycles. The van der Waals surface area contributed by atoms with Crippen LogP contribution in [0.2, 0.25) is 0 Å². The number of nitrogens with zero attached hydrogens (tertiary/aromatic N) is 2. The molecule has 180 valence electrons. The molecule has 3 N–H and O–H groups in total. The molecule has 2 saturated carbocycles. The van der Waals surface area contributed by atoms with Gasteiger partial charge in [0.15, 0.2) is 0 Å². The highest BCUT2D eigenvalue weighted by Crippen LogP contribution is 2.35. The minimum absolute atomic E-state index is 0.0577. The van der Waals surface area contributed by atoms with Gasteiger partial charge >= 0.3 is 18.0 Å². The molecule has 0 spiro atoms. The number of likely N-dealkylation sites (tertiary alicyclic amines) is 1. The highest BCUT2D eigenvalue weighted by Gasteiger charge is 2.55. The number of hydrogen-bond acceptors (Lipinski definition) is 5. The highest BCUT2D eigenvalue weighted by atomic mass is 16.5. The number of imide groups is 2. The molecule has 9 heteroatoms. The highest BCUT2D eigenvalue weighted by molar-refractivity contribution is 5.95. The zero-order valence-electron chi connectivity index (χ0n) is 19.3. The van der Waals surface area contributed by atoms with Crippen molar-refractivity contribution >= 4 is 24.4 Å². The van der Waals surface area contributed by atoms with Crippen LogP contribution in [0.25, 0.3) is 0 Å². The molecule has 0 bridgehead atoms. The van der Waals surface area contributed by atoms with Gasteiger partial charge in [-0.2, -0.15) is 4.48 Å². The molecule has 32 heavy (non-hydrogen) atoms. The Hall–Kier alpha value is -2.00. The van der Waals surface area contributed by atoms with Crippen molar-refractivity contribution in [2.75, 3.05) is 13.1 Å². The summed E-state index contributed by atoms with van der Waals surface area (Å²) in [4.78, 5) is 50.9. The Balaban J connectivity index is 1.75. The Kier molecular flexibility index (Phi) is 8.64. The Morgan fingerprint density at radius 2 is 1.69 bits per heavy atom. The van der Waals surface area contributed by atoms with Gasteiger partial charge in [0.25, 0.3) is 0 Å². The molecular formula is C23H39N4O5+. The number of carbonyl (C=O) groups is 4. The molecule has 0 aromatic rings. The van der Waals surface area contributed by atoms with E-state index in [0.29, 0.717) is 43.2 Å². The van der Waals surface area contributed by atoms with Crippen molar-refractivity contribution in [2.45, 2.75) is 96.1 Å². The first-order valence-electron chi connectivity index (χ1n) is 12.3. The molecule has 1 aliphatic heterocycles. The van der Waals surface area contributed by atoms with Crippen LogP contribution in [0.5, 0.6) is 0 Å². The maximum atomic E-state index is 13.9. The van der Waals surface area contributed by atoms with Gasteiger partial charge in [0.05, 0.1) is 19.0 Å². The minimum atomic E-state index is -0.652. The molecular weight excluding hydrogens is 412 g/mol. The second kappa shape index (κ2) is 11.2. The third-order valence-corrected chi connectivity index (χ3v) is 7.77. The maximum Gasteiger partial charge on any atom is 0.432 e. The van der Waals surface area contributed by atoms with Gasteiger partial charge in [-0.1, -0.05) is 44.9 Å². The fraction of sp³-hybridized carbons (Fsp3) is 0.826. The van der Waals surface area contributed by atoms with E-state index in [9.17, 15) is 24.4 Å². The van der Waals surface area contributed by atoms with Crippen molar-refractivity contribution in [2.24, 2.45) is 11.8 Å². The van der Waals surface area contributed by atoms with Crippen LogP contribution in [0.15, 0.2) is 0 Å². The molecule has 1 saturated heterocycles. The normalized spacial score (nSPS) is 27.6. The first-order valence-corrected chi connectivity index (χ1v) is 12.3. The summed E-state index contributed by atoms with van der Waals surface area (Å²) in [7, 11) is 0. The van der Waals surface area contributed by atoms with E-state index in [4.69, 9.17) is 0 Å². The lowest BCUT2D eigenvalue weighted by molar-refractivity contribution is -0.786. The third-order valence-electron chi connectivity index (χ3n) is 7.77. The van der Waals surface area contributed by atoms with Crippen molar-refractivity contribution in [1.82, 2.24) is 15.7 Å². The number of hydrogen-bond donors (Lipinski definition) is 3. The van der Waals surface area contributed by atoms with E-state index < -0.39 is 22.5 Å². The lowest BCUT2D eigenvalue weighted by Gasteiger charge is -2.36. The molecule has 0 radical (unpaired) electrons. The van der Waals surface area contributed by atoms with E-state index in [-0.39, 0.29) is 24.5 Å². The van der Waals surface area contributed by atoms with Crippen LogP contribution in [-0.4, -0.2) is 64.3 Å². The Bertz CT molecular complexity index is 690. The molecule has 9 nitrogen and oxygen atoms in total. The Labute approximate surface area is 190 Å². The topological polar surface area (TPSA) is 116 Å². The number of rotatable bonds is 7. The number of nitrogens with one attached hydrogen (secondary N) is 2. The SMILES string of the molecule is C[C@@H]1CCC[N+]1(C(=O)NC(=O)NC1CCCCC1)C(=O)[C@H](CC1CCCC1)CN(O)C=O. The van der Waals surface area contributed by atoms with Crippen molar-refractivity contribution in [3.63, 3.8) is 0 Å². The first-order chi connectivity index (χ1) is 15.4. The van der Waals surface area contributed by atoms with Crippen LogP contribution in [-0.2, 0) is 9.59 Å². The fourth-order valence-corrected chi connectivity index (χ4v) is 5.97. The third kappa shape index (κ3) is 5.67. The molecule has 1 heterocycles. The molecule has 2 aliphatic carbocycles. The quantitative estimate of drug-likeness (QED) is 0.238. The Morgan fingerprint density at radius 1 is 1.03 bits per heavy atom. The lowest BCUT2D eigenvalue weighted by Crippen LogP contribution is -2.66. The van der Waals surface area contributed by atoms with Gasteiger partial charge in [-0.05, 0) is 32.1 Å². The average molecular weight is 452 g/mol.